The fraction of sp³-hybridized carbons (Fsp3) is 0.385. The summed E-state index contributed by atoms with van der Waals surface area (Å²) >= 11 is 2.07. The number of hydrogen-bond acceptors (Lipinski definition) is 3. The van der Waals surface area contributed by atoms with Crippen molar-refractivity contribution in [3.8, 4) is 5.75 Å². The fourth-order valence-electron chi connectivity index (χ4n) is 2.05. The van der Waals surface area contributed by atoms with Gasteiger partial charge in [-0.15, -0.1) is 0 Å². The summed E-state index contributed by atoms with van der Waals surface area (Å²) in [4.78, 5) is 24.6. The number of carbonyl (C=O) groups excluding carboxylic acids is 1. The zero-order valence-corrected chi connectivity index (χ0v) is 12.5. The van der Waals surface area contributed by atoms with Crippen molar-refractivity contribution in [2.45, 2.75) is 6.92 Å². The Morgan fingerprint density at radius 3 is 2.63 bits per heavy atom. The first kappa shape index (κ1) is 14.1. The van der Waals surface area contributed by atoms with Crippen molar-refractivity contribution in [1.82, 2.24) is 4.90 Å². The molecular weight excluding hydrogens is 361 g/mol. The van der Waals surface area contributed by atoms with Gasteiger partial charge in [-0.25, -0.2) is 0 Å². The minimum absolute atomic E-state index is 0.00798. The van der Waals surface area contributed by atoms with Gasteiger partial charge in [0.2, 0.25) is 0 Å². The van der Waals surface area contributed by atoms with Gasteiger partial charge in [0.05, 0.1) is 11.5 Å². The second-order valence-corrected chi connectivity index (χ2v) is 6.00. The summed E-state index contributed by atoms with van der Waals surface area (Å²) in [5.41, 5.74) is 0.272. The fourth-order valence-corrected chi connectivity index (χ4v) is 2.54. The third-order valence-electron chi connectivity index (χ3n) is 3.48. The van der Waals surface area contributed by atoms with Crippen LogP contribution >= 0.6 is 22.6 Å². The summed E-state index contributed by atoms with van der Waals surface area (Å²) in [5.74, 6) is -1.58. The van der Waals surface area contributed by atoms with Crippen LogP contribution in [0.2, 0.25) is 0 Å². The molecule has 1 heterocycles. The van der Waals surface area contributed by atoms with Crippen molar-refractivity contribution < 1.29 is 19.8 Å². The van der Waals surface area contributed by atoms with Crippen molar-refractivity contribution in [3.63, 3.8) is 0 Å². The smallest absolute Gasteiger partial charge is 0.306 e. The largest absolute Gasteiger partial charge is 0.507 e. The molecule has 1 aromatic rings. The van der Waals surface area contributed by atoms with Crippen LogP contribution in [0, 0.1) is 15.4 Å². The van der Waals surface area contributed by atoms with Crippen molar-refractivity contribution in [2.24, 2.45) is 11.8 Å². The molecule has 1 aromatic carbocycles. The number of aliphatic carboxylic acids is 1. The average molecular weight is 375 g/mol. The lowest BCUT2D eigenvalue weighted by Crippen LogP contribution is -2.53. The molecule has 0 spiro atoms. The summed E-state index contributed by atoms with van der Waals surface area (Å²) in [6.07, 6.45) is 0. The van der Waals surface area contributed by atoms with Crippen molar-refractivity contribution in [2.75, 3.05) is 13.1 Å². The summed E-state index contributed by atoms with van der Waals surface area (Å²) in [7, 11) is 0. The number of rotatable bonds is 3. The number of phenols is 1. The molecule has 2 rings (SSSR count). The van der Waals surface area contributed by atoms with Gasteiger partial charge in [-0.2, -0.15) is 0 Å². The number of carboxylic acid groups (broad SMARTS) is 1. The normalized spacial score (nSPS) is 16.8. The highest BCUT2D eigenvalue weighted by Gasteiger charge is 2.37. The van der Waals surface area contributed by atoms with Gasteiger partial charge < -0.3 is 15.1 Å². The molecule has 1 fully saturated rings. The summed E-state index contributed by atoms with van der Waals surface area (Å²) in [5, 5.41) is 18.6. The number of carbonyl (C=O) groups is 2. The lowest BCUT2D eigenvalue weighted by atomic mass is 9.86. The summed E-state index contributed by atoms with van der Waals surface area (Å²) < 4.78 is 0.870. The highest BCUT2D eigenvalue weighted by molar-refractivity contribution is 14.1. The molecule has 6 heteroatoms. The maximum absolute atomic E-state index is 12.2. The SMILES string of the molecule is CC(C(=O)O)C1CN(C(=O)c2cc(I)ccc2O)C1. The summed E-state index contributed by atoms with van der Waals surface area (Å²) in [6.45, 7) is 2.51. The maximum atomic E-state index is 12.2. The van der Waals surface area contributed by atoms with Crippen LogP contribution in [-0.2, 0) is 4.79 Å². The number of aromatic hydroxyl groups is 1. The Morgan fingerprint density at radius 1 is 1.42 bits per heavy atom. The number of hydrogen-bond donors (Lipinski definition) is 2. The number of benzene rings is 1. The van der Waals surface area contributed by atoms with Crippen molar-refractivity contribution >= 4 is 34.5 Å². The van der Waals surface area contributed by atoms with Crippen LogP contribution in [0.5, 0.6) is 5.75 Å². The zero-order valence-electron chi connectivity index (χ0n) is 10.3. The first-order valence-electron chi connectivity index (χ1n) is 5.90. The molecule has 0 bridgehead atoms. The predicted octanol–water partition coefficient (Wildman–Crippen LogP) is 1.79. The Bertz CT molecular complexity index is 525. The van der Waals surface area contributed by atoms with E-state index in [0.717, 1.165) is 3.57 Å². The van der Waals surface area contributed by atoms with Gasteiger partial charge in [0.15, 0.2) is 0 Å². The molecule has 0 aliphatic carbocycles. The topological polar surface area (TPSA) is 77.8 Å². The van der Waals surface area contributed by atoms with Crippen LogP contribution < -0.4 is 0 Å². The molecule has 0 saturated carbocycles. The number of phenolic OH excluding ortho intramolecular Hbond substituents is 1. The van der Waals surface area contributed by atoms with Crippen LogP contribution in [0.15, 0.2) is 18.2 Å². The first-order chi connectivity index (χ1) is 8.90. The third kappa shape index (κ3) is 2.83. The van der Waals surface area contributed by atoms with Crippen molar-refractivity contribution in [1.29, 1.82) is 0 Å². The van der Waals surface area contributed by atoms with E-state index in [4.69, 9.17) is 5.11 Å². The monoisotopic (exact) mass is 375 g/mol. The Morgan fingerprint density at radius 2 is 2.05 bits per heavy atom. The first-order valence-corrected chi connectivity index (χ1v) is 6.98. The second-order valence-electron chi connectivity index (χ2n) is 4.76. The van der Waals surface area contributed by atoms with Gasteiger partial charge in [-0.3, -0.25) is 9.59 Å². The maximum Gasteiger partial charge on any atom is 0.306 e. The molecular formula is C13H14INO4. The van der Waals surface area contributed by atoms with E-state index in [0.29, 0.717) is 13.1 Å². The van der Waals surface area contributed by atoms with Crippen LogP contribution in [-0.4, -0.2) is 40.1 Å². The van der Waals surface area contributed by atoms with E-state index < -0.39 is 11.9 Å². The van der Waals surface area contributed by atoms with Crippen LogP contribution in [0.4, 0.5) is 0 Å². The lowest BCUT2D eigenvalue weighted by molar-refractivity contribution is -0.144. The molecule has 5 nitrogen and oxygen atoms in total. The van der Waals surface area contributed by atoms with Gasteiger partial charge in [0.1, 0.15) is 5.75 Å². The lowest BCUT2D eigenvalue weighted by Gasteiger charge is -2.41. The third-order valence-corrected chi connectivity index (χ3v) is 4.15. The number of amides is 1. The van der Waals surface area contributed by atoms with Crippen LogP contribution in [0.3, 0.4) is 0 Å². The Labute approximate surface area is 124 Å². The van der Waals surface area contributed by atoms with Gasteiger partial charge in [0.25, 0.3) is 5.91 Å². The van der Waals surface area contributed by atoms with Crippen LogP contribution in [0.1, 0.15) is 17.3 Å². The van der Waals surface area contributed by atoms with Crippen molar-refractivity contribution in [3.05, 3.63) is 27.3 Å². The minimum Gasteiger partial charge on any atom is -0.507 e. The number of halogens is 1. The van der Waals surface area contributed by atoms with E-state index in [1.165, 1.54) is 6.07 Å². The van der Waals surface area contributed by atoms with Gasteiger partial charge in [-0.05, 0) is 40.8 Å². The Hall–Kier alpha value is -1.31. The molecule has 1 atom stereocenters. The molecule has 1 amide bonds. The average Bonchev–Trinajstić information content (AvgIpc) is 2.29. The molecule has 1 aliphatic heterocycles. The quantitative estimate of drug-likeness (QED) is 0.790. The van der Waals surface area contributed by atoms with E-state index >= 15 is 0 Å². The van der Waals surface area contributed by atoms with Gasteiger partial charge >= 0.3 is 5.97 Å². The van der Waals surface area contributed by atoms with Gasteiger partial charge in [0, 0.05) is 22.6 Å². The molecule has 19 heavy (non-hydrogen) atoms. The molecule has 1 aliphatic rings. The highest BCUT2D eigenvalue weighted by atomic mass is 127. The van der Waals surface area contributed by atoms with Crippen LogP contribution in [0.25, 0.3) is 0 Å². The molecule has 102 valence electrons. The van der Waals surface area contributed by atoms with E-state index in [-0.39, 0.29) is 23.1 Å². The second kappa shape index (κ2) is 5.36. The zero-order chi connectivity index (χ0) is 14.2. The van der Waals surface area contributed by atoms with E-state index in [1.807, 2.05) is 0 Å². The van der Waals surface area contributed by atoms with E-state index in [9.17, 15) is 14.7 Å². The molecule has 1 unspecified atom stereocenters. The molecule has 0 aromatic heterocycles. The predicted molar refractivity (Wildman–Crippen MR) is 77.0 cm³/mol. The molecule has 2 N–H and O–H groups in total. The van der Waals surface area contributed by atoms with E-state index in [1.54, 1.807) is 24.0 Å². The summed E-state index contributed by atoms with van der Waals surface area (Å²) in [6, 6.07) is 4.84. The van der Waals surface area contributed by atoms with Gasteiger partial charge in [-0.1, -0.05) is 6.92 Å². The number of carboxylic acids is 1. The Kier molecular flexibility index (Phi) is 3.98. The Balaban J connectivity index is 2.04. The number of likely N-dealkylation sites (tertiary alicyclic amines) is 1. The standard InChI is InChI=1S/C13H14INO4/c1-7(13(18)19)8-5-15(6-8)12(17)10-4-9(14)2-3-11(10)16/h2-4,7-8,16H,5-6H2,1H3,(H,18,19). The van der Waals surface area contributed by atoms with E-state index in [2.05, 4.69) is 22.6 Å². The minimum atomic E-state index is -0.839. The number of nitrogens with zero attached hydrogens (tertiary/aromatic N) is 1. The molecule has 1 saturated heterocycles. The molecule has 0 radical (unpaired) electrons. The highest BCUT2D eigenvalue weighted by Crippen LogP contribution is 2.28.